The number of methoxy groups -OCH3 is 1. The van der Waals surface area contributed by atoms with E-state index in [4.69, 9.17) is 66.3 Å². The first-order chi connectivity index (χ1) is 43.7. The van der Waals surface area contributed by atoms with Crippen molar-refractivity contribution in [3.63, 3.8) is 0 Å². The fourth-order valence-electron chi connectivity index (χ4n) is 11.8. The highest BCUT2D eigenvalue weighted by Crippen LogP contribution is 2.39. The highest BCUT2D eigenvalue weighted by atomic mass is 28.4. The summed E-state index contributed by atoms with van der Waals surface area (Å²) in [5, 5.41) is 1.79. The molecule has 3 fully saturated rings. The highest BCUT2D eigenvalue weighted by Gasteiger charge is 2.55. The second kappa shape index (κ2) is 31.9. The van der Waals surface area contributed by atoms with Gasteiger partial charge in [-0.2, -0.15) is 0 Å². The molecule has 0 aliphatic carbocycles. The molecule has 15 heteroatoms. The van der Waals surface area contributed by atoms with Gasteiger partial charge in [0.15, 0.2) is 18.9 Å². The molecule has 11 rings (SSSR count). The van der Waals surface area contributed by atoms with Gasteiger partial charge < -0.3 is 56.8 Å². The van der Waals surface area contributed by atoms with E-state index in [0.717, 1.165) is 43.8 Å². The largest absolute Gasteiger partial charge is 0.368 e. The molecule has 8 aromatic rings. The molecule has 12 atom stereocenters. The molecule has 0 bridgehead atoms. The van der Waals surface area contributed by atoms with Crippen LogP contribution in [-0.4, -0.2) is 109 Å². The maximum Gasteiger partial charge on any atom is 0.305 e. The van der Waals surface area contributed by atoms with Gasteiger partial charge in [0, 0.05) is 7.11 Å². The Kier molecular flexibility index (Phi) is 22.9. The summed E-state index contributed by atoms with van der Waals surface area (Å²) < 4.78 is 88.8. The van der Waals surface area contributed by atoms with Gasteiger partial charge in [0.25, 0.3) is 0 Å². The third-order valence-corrected chi connectivity index (χ3v) is 21.2. The maximum atomic E-state index is 7.05. The Balaban J connectivity index is 0.885. The predicted octanol–water partition coefficient (Wildman–Crippen LogP) is 11.9. The smallest absolute Gasteiger partial charge is 0.305 e. The lowest BCUT2D eigenvalue weighted by molar-refractivity contribution is -0.256. The van der Waals surface area contributed by atoms with Gasteiger partial charge in [-0.05, 0) is 48.8 Å². The molecule has 3 aliphatic rings. The van der Waals surface area contributed by atoms with Gasteiger partial charge in [-0.3, -0.25) is 4.58 Å². The van der Waals surface area contributed by atoms with Gasteiger partial charge in [-0.25, -0.2) is 4.89 Å². The van der Waals surface area contributed by atoms with Crippen LogP contribution in [0.2, 0.25) is 5.04 Å². The lowest BCUT2D eigenvalue weighted by Gasteiger charge is -2.41. The van der Waals surface area contributed by atoms with Crippen LogP contribution in [0.1, 0.15) is 54.2 Å². The van der Waals surface area contributed by atoms with Gasteiger partial charge in [-0.1, -0.05) is 263 Å². The van der Waals surface area contributed by atoms with E-state index in [-0.39, 0.29) is 51.3 Å². The topological polar surface area (TPSA) is 129 Å². The zero-order valence-corrected chi connectivity index (χ0v) is 52.1. The zero-order valence-electron chi connectivity index (χ0n) is 51.1. The van der Waals surface area contributed by atoms with Crippen molar-refractivity contribution in [2.75, 3.05) is 26.9 Å². The van der Waals surface area contributed by atoms with Crippen molar-refractivity contribution in [1.29, 1.82) is 0 Å². The Hall–Kier alpha value is -6.58. The third kappa shape index (κ3) is 16.7. The van der Waals surface area contributed by atoms with Gasteiger partial charge in [0.05, 0.1) is 52.9 Å². The van der Waals surface area contributed by atoms with Crippen molar-refractivity contribution >= 4 is 18.7 Å². The fraction of sp³-hybridized carbons (Fsp3) is 0.351. The molecule has 0 N–H and O–H groups in total. The van der Waals surface area contributed by atoms with Crippen molar-refractivity contribution in [3.8, 4) is 0 Å². The van der Waals surface area contributed by atoms with Crippen LogP contribution in [-0.2, 0) is 106 Å². The third-order valence-electron chi connectivity index (χ3n) is 16.4. The Morgan fingerprint density at radius 1 is 0.303 bits per heavy atom. The second-order valence-corrected chi connectivity index (χ2v) is 27.8. The summed E-state index contributed by atoms with van der Waals surface area (Å²) in [5.41, 5.74) is 5.90. The molecule has 89 heavy (non-hydrogen) atoms. The SMILES string of the molecule is CO[C@H]1O[C@H](CO[C@H]2O[C@H](CO[C@H]3O[C@H](COO[Si](c4ccccc4)(c4ccccc4)C(C)(C)C)[C@@H](OCc4ccccc4)[C@@H]3OCc3ccccc3)[C@@H](OCc3ccccc3)[C@@H]2OCc2ccccc2)[C@@H](OCc2ccccc2)[C@@H]1OCc1ccccc1. The molecule has 3 aliphatic heterocycles. The first-order valence-electron chi connectivity index (χ1n) is 30.8. The van der Waals surface area contributed by atoms with E-state index in [1.54, 1.807) is 7.11 Å². The van der Waals surface area contributed by atoms with E-state index in [1.165, 1.54) is 0 Å². The van der Waals surface area contributed by atoms with Gasteiger partial charge in [-0.15, -0.1) is 0 Å². The van der Waals surface area contributed by atoms with E-state index in [2.05, 4.69) is 69.3 Å². The molecular weight excluding hydrogens is 1140 g/mol. The Bertz CT molecular complexity index is 3230. The molecule has 3 saturated heterocycles. The second-order valence-electron chi connectivity index (χ2n) is 23.6. The van der Waals surface area contributed by atoms with E-state index in [0.29, 0.717) is 13.2 Å². The molecule has 14 nitrogen and oxygen atoms in total. The lowest BCUT2D eigenvalue weighted by Crippen LogP contribution is -2.66. The van der Waals surface area contributed by atoms with Crippen molar-refractivity contribution in [2.24, 2.45) is 0 Å². The first-order valence-corrected chi connectivity index (χ1v) is 32.7. The van der Waals surface area contributed by atoms with Crippen LogP contribution in [0.15, 0.2) is 243 Å². The van der Waals surface area contributed by atoms with Crippen LogP contribution >= 0.6 is 0 Å². The summed E-state index contributed by atoms with van der Waals surface area (Å²) in [4.78, 5) is 6.62. The lowest BCUT2D eigenvalue weighted by atomic mass is 10.1. The highest BCUT2D eigenvalue weighted by molar-refractivity contribution is 6.99. The van der Waals surface area contributed by atoms with Crippen LogP contribution in [0.25, 0.3) is 0 Å². The zero-order chi connectivity index (χ0) is 61.1. The van der Waals surface area contributed by atoms with Crippen molar-refractivity contribution in [2.45, 2.75) is 139 Å². The van der Waals surface area contributed by atoms with Crippen molar-refractivity contribution < 1.29 is 66.3 Å². The Morgan fingerprint density at radius 2 is 0.551 bits per heavy atom. The molecule has 0 unspecified atom stereocenters. The Morgan fingerprint density at radius 3 is 0.831 bits per heavy atom. The number of benzene rings is 8. The van der Waals surface area contributed by atoms with E-state index < -0.39 is 82.1 Å². The van der Waals surface area contributed by atoms with Crippen LogP contribution < -0.4 is 10.4 Å². The van der Waals surface area contributed by atoms with Crippen LogP contribution in [0, 0.1) is 0 Å². The number of ether oxygens (including phenoxy) is 12. The minimum atomic E-state index is -3.15. The number of rotatable bonds is 31. The molecule has 0 spiro atoms. The molecule has 0 radical (unpaired) electrons. The van der Waals surface area contributed by atoms with Gasteiger partial charge in [0.1, 0.15) is 61.5 Å². The van der Waals surface area contributed by atoms with Crippen molar-refractivity contribution in [1.82, 2.24) is 0 Å². The molecule has 466 valence electrons. The van der Waals surface area contributed by atoms with Gasteiger partial charge in [0.2, 0.25) is 0 Å². The summed E-state index contributed by atoms with van der Waals surface area (Å²) in [6.07, 6.45) is -9.01. The minimum Gasteiger partial charge on any atom is -0.368 e. The van der Waals surface area contributed by atoms with Crippen LogP contribution in [0.5, 0.6) is 0 Å². The predicted molar refractivity (Wildman–Crippen MR) is 340 cm³/mol. The van der Waals surface area contributed by atoms with Crippen molar-refractivity contribution in [3.05, 3.63) is 276 Å². The Labute approximate surface area is 524 Å². The normalized spacial score (nSPS) is 24.5. The number of hydrogen-bond acceptors (Lipinski definition) is 14. The summed E-state index contributed by atoms with van der Waals surface area (Å²) in [5.74, 6) is 0. The van der Waals surface area contributed by atoms with Crippen LogP contribution in [0.3, 0.4) is 0 Å². The fourth-order valence-corrected chi connectivity index (χ4v) is 15.9. The quantitative estimate of drug-likeness (QED) is 0.0232. The monoisotopic (exact) mass is 1220 g/mol. The minimum absolute atomic E-state index is 0.00948. The molecule has 0 aromatic heterocycles. The first kappa shape index (κ1) is 64.0. The van der Waals surface area contributed by atoms with E-state index in [1.807, 2.05) is 194 Å². The summed E-state index contributed by atoms with van der Waals surface area (Å²) in [7, 11) is -1.54. The molecular formula is C74H82O14Si. The average molecular weight is 1220 g/mol. The molecule has 3 heterocycles. The number of hydrogen-bond donors (Lipinski definition) is 0. The molecule has 8 aromatic carbocycles. The van der Waals surface area contributed by atoms with Crippen LogP contribution in [0.4, 0.5) is 0 Å². The van der Waals surface area contributed by atoms with E-state index in [9.17, 15) is 0 Å². The molecule has 0 amide bonds. The van der Waals surface area contributed by atoms with E-state index >= 15 is 0 Å². The average Bonchev–Trinajstić information content (AvgIpc) is 1.69. The summed E-state index contributed by atoms with van der Waals surface area (Å²) in [6.45, 7) is 8.28. The summed E-state index contributed by atoms with van der Waals surface area (Å²) >= 11 is 0. The van der Waals surface area contributed by atoms with Gasteiger partial charge >= 0.3 is 8.32 Å². The molecule has 0 saturated carbocycles. The maximum absolute atomic E-state index is 7.05. The standard InChI is InChI=1S/C74H82O14Si/c1-74(2,3)89(60-41-25-11-26-42-60,61-43-27-12-28-44-61)88-84-53-64-67(78-47-56-33-17-7-18-34-56)70(81-50-59-39-23-10-24-40-59)73(87-64)83-52-63-66(77-46-55-31-15-6-16-32-55)69(80-49-58-37-21-9-22-38-58)72(86-63)82-51-62-65(76-45-54-29-13-5-14-30-54)68(71(75-4)85-62)79-48-57-35-19-8-20-36-57/h5-44,62-73H,45-53H2,1-4H3/t62-,63-,64-,65-,66-,67-,68+,69+,70+,71+,72+,73+/m1/s1. The summed E-state index contributed by atoms with van der Waals surface area (Å²) in [6, 6.07) is 80.9.